The molecule has 0 aliphatic carbocycles. The molecule has 27 heavy (non-hydrogen) atoms. The number of ether oxygens (including phenoxy) is 1. The lowest BCUT2D eigenvalue weighted by Crippen LogP contribution is -2.25. The number of carbonyl (C=O) groups excluding carboxylic acids is 2. The Morgan fingerprint density at radius 1 is 1.11 bits per heavy atom. The zero-order valence-electron chi connectivity index (χ0n) is 15.5. The Bertz CT molecular complexity index is 814. The van der Waals surface area contributed by atoms with E-state index < -0.39 is 5.25 Å². The Morgan fingerprint density at radius 2 is 1.81 bits per heavy atom. The summed E-state index contributed by atoms with van der Waals surface area (Å²) in [6, 6.07) is 12.6. The van der Waals surface area contributed by atoms with Gasteiger partial charge in [0, 0.05) is 10.7 Å². The smallest absolute Gasteiger partial charge is 0.237 e. The fourth-order valence-electron chi connectivity index (χ4n) is 2.29. The van der Waals surface area contributed by atoms with Crippen molar-refractivity contribution >= 4 is 46.6 Å². The van der Waals surface area contributed by atoms with Gasteiger partial charge in [-0.05, 0) is 50.6 Å². The van der Waals surface area contributed by atoms with Crippen molar-refractivity contribution in [3.63, 3.8) is 0 Å². The normalized spacial score (nSPS) is 11.6. The van der Waals surface area contributed by atoms with E-state index in [0.29, 0.717) is 28.8 Å². The van der Waals surface area contributed by atoms with Crippen LogP contribution in [0.1, 0.15) is 19.4 Å². The van der Waals surface area contributed by atoms with Crippen molar-refractivity contribution in [1.82, 2.24) is 0 Å². The van der Waals surface area contributed by atoms with Gasteiger partial charge in [0.25, 0.3) is 0 Å². The van der Waals surface area contributed by atoms with E-state index in [1.807, 2.05) is 26.0 Å². The molecule has 2 N–H and O–H groups in total. The van der Waals surface area contributed by atoms with Crippen molar-refractivity contribution in [2.24, 2.45) is 0 Å². The number of benzene rings is 2. The molecule has 0 aromatic heterocycles. The molecular formula is C20H23ClN2O3S. The van der Waals surface area contributed by atoms with Crippen molar-refractivity contribution in [3.05, 3.63) is 53.1 Å². The van der Waals surface area contributed by atoms with E-state index in [4.69, 9.17) is 16.3 Å². The third-order valence-corrected chi connectivity index (χ3v) is 5.37. The maximum Gasteiger partial charge on any atom is 0.237 e. The van der Waals surface area contributed by atoms with Crippen molar-refractivity contribution < 1.29 is 14.3 Å². The molecule has 2 aromatic carbocycles. The van der Waals surface area contributed by atoms with Gasteiger partial charge in [0.15, 0.2) is 0 Å². The lowest BCUT2D eigenvalue weighted by atomic mass is 10.2. The van der Waals surface area contributed by atoms with Crippen LogP contribution in [-0.4, -0.2) is 29.4 Å². The van der Waals surface area contributed by atoms with E-state index in [1.54, 1.807) is 37.3 Å². The SMILES string of the molecule is CCOc1ccccc1NC(=O)CSC(C)C(=O)Nc1cccc(Cl)c1C. The summed E-state index contributed by atoms with van der Waals surface area (Å²) in [5.41, 5.74) is 2.11. The Labute approximate surface area is 168 Å². The predicted molar refractivity (Wildman–Crippen MR) is 113 cm³/mol. The highest BCUT2D eigenvalue weighted by Crippen LogP contribution is 2.25. The van der Waals surface area contributed by atoms with Crippen LogP contribution in [0, 0.1) is 6.92 Å². The Hall–Kier alpha value is -2.18. The van der Waals surface area contributed by atoms with Crippen LogP contribution < -0.4 is 15.4 Å². The first kappa shape index (κ1) is 21.1. The quantitative estimate of drug-likeness (QED) is 0.664. The van der Waals surface area contributed by atoms with Crippen molar-refractivity contribution in [3.8, 4) is 5.75 Å². The number of halogens is 1. The number of amides is 2. The average Bonchev–Trinajstić information content (AvgIpc) is 2.65. The van der Waals surface area contributed by atoms with Crippen LogP contribution in [0.4, 0.5) is 11.4 Å². The second-order valence-corrected chi connectivity index (χ2v) is 7.57. The van der Waals surface area contributed by atoms with Crippen molar-refractivity contribution in [2.45, 2.75) is 26.0 Å². The number of thioether (sulfide) groups is 1. The van der Waals surface area contributed by atoms with Crippen molar-refractivity contribution in [2.75, 3.05) is 23.0 Å². The van der Waals surface area contributed by atoms with Crippen LogP contribution >= 0.6 is 23.4 Å². The fourth-order valence-corrected chi connectivity index (χ4v) is 3.15. The topological polar surface area (TPSA) is 67.4 Å². The molecule has 0 saturated carbocycles. The monoisotopic (exact) mass is 406 g/mol. The van der Waals surface area contributed by atoms with E-state index in [0.717, 1.165) is 5.56 Å². The van der Waals surface area contributed by atoms with Gasteiger partial charge in [-0.3, -0.25) is 9.59 Å². The molecule has 0 radical (unpaired) electrons. The second kappa shape index (κ2) is 10.2. The summed E-state index contributed by atoms with van der Waals surface area (Å²) >= 11 is 7.33. The summed E-state index contributed by atoms with van der Waals surface area (Å²) in [4.78, 5) is 24.6. The van der Waals surface area contributed by atoms with Crippen LogP contribution in [0.3, 0.4) is 0 Å². The Morgan fingerprint density at radius 3 is 2.56 bits per heavy atom. The minimum absolute atomic E-state index is 0.156. The summed E-state index contributed by atoms with van der Waals surface area (Å²) in [5, 5.41) is 5.88. The molecule has 2 rings (SSSR count). The van der Waals surface area contributed by atoms with Crippen LogP contribution in [0.15, 0.2) is 42.5 Å². The third-order valence-electron chi connectivity index (χ3n) is 3.82. The van der Waals surface area contributed by atoms with Gasteiger partial charge in [-0.2, -0.15) is 0 Å². The number of rotatable bonds is 8. The largest absolute Gasteiger partial charge is 0.492 e. The molecule has 0 saturated heterocycles. The lowest BCUT2D eigenvalue weighted by molar-refractivity contribution is -0.115. The molecule has 2 amide bonds. The standard InChI is InChI=1S/C20H23ClN2O3S/c1-4-26-18-11-6-5-9-17(18)22-19(24)12-27-14(3)20(25)23-16-10-7-8-15(21)13(16)2/h5-11,14H,4,12H2,1-3H3,(H,22,24)(H,23,25). The molecular weight excluding hydrogens is 384 g/mol. The number of nitrogens with one attached hydrogen (secondary N) is 2. The number of hydrogen-bond donors (Lipinski definition) is 2. The average molecular weight is 407 g/mol. The molecule has 7 heteroatoms. The zero-order valence-corrected chi connectivity index (χ0v) is 17.1. The van der Waals surface area contributed by atoms with Crippen molar-refractivity contribution in [1.29, 1.82) is 0 Å². The maximum atomic E-state index is 12.4. The van der Waals surface area contributed by atoms with Gasteiger partial charge < -0.3 is 15.4 Å². The van der Waals surface area contributed by atoms with Crippen LogP contribution in [0.25, 0.3) is 0 Å². The molecule has 144 valence electrons. The molecule has 5 nitrogen and oxygen atoms in total. The summed E-state index contributed by atoms with van der Waals surface area (Å²) in [7, 11) is 0. The molecule has 1 unspecified atom stereocenters. The van der Waals surface area contributed by atoms with E-state index in [-0.39, 0.29) is 17.6 Å². The minimum atomic E-state index is -0.392. The maximum absolute atomic E-state index is 12.4. The molecule has 1 atom stereocenters. The molecule has 0 aliphatic rings. The second-order valence-electron chi connectivity index (χ2n) is 5.83. The van der Waals surface area contributed by atoms with Crippen LogP contribution in [0.2, 0.25) is 5.02 Å². The number of carbonyl (C=O) groups is 2. The van der Waals surface area contributed by atoms with E-state index in [1.165, 1.54) is 11.8 Å². The zero-order chi connectivity index (χ0) is 19.8. The lowest BCUT2D eigenvalue weighted by Gasteiger charge is -2.15. The fraction of sp³-hybridized carbons (Fsp3) is 0.300. The van der Waals surface area contributed by atoms with E-state index >= 15 is 0 Å². The first-order valence-electron chi connectivity index (χ1n) is 8.61. The summed E-state index contributed by atoms with van der Waals surface area (Å²) in [6.07, 6.45) is 0. The number of hydrogen-bond acceptors (Lipinski definition) is 4. The highest BCUT2D eigenvalue weighted by Gasteiger charge is 2.17. The van der Waals surface area contributed by atoms with Gasteiger partial charge in [-0.1, -0.05) is 29.8 Å². The summed E-state index contributed by atoms with van der Waals surface area (Å²) in [5.74, 6) is 0.419. The predicted octanol–water partition coefficient (Wildman–Crippen LogP) is 4.75. The summed E-state index contributed by atoms with van der Waals surface area (Å²) in [6.45, 7) is 6.01. The third kappa shape index (κ3) is 6.19. The van der Waals surface area contributed by atoms with Crippen LogP contribution in [0.5, 0.6) is 5.75 Å². The Kier molecular flexibility index (Phi) is 8.00. The molecule has 0 spiro atoms. The minimum Gasteiger partial charge on any atom is -0.492 e. The highest BCUT2D eigenvalue weighted by molar-refractivity contribution is 8.01. The van der Waals surface area contributed by atoms with Crippen LogP contribution in [-0.2, 0) is 9.59 Å². The van der Waals surface area contributed by atoms with Gasteiger partial charge >= 0.3 is 0 Å². The van der Waals surface area contributed by atoms with E-state index in [2.05, 4.69) is 10.6 Å². The summed E-state index contributed by atoms with van der Waals surface area (Å²) < 4.78 is 5.49. The molecule has 0 heterocycles. The van der Waals surface area contributed by atoms with Gasteiger partial charge in [0.1, 0.15) is 5.75 Å². The number of para-hydroxylation sites is 2. The molecule has 0 bridgehead atoms. The van der Waals surface area contributed by atoms with E-state index in [9.17, 15) is 9.59 Å². The van der Waals surface area contributed by atoms with Gasteiger partial charge in [0.2, 0.25) is 11.8 Å². The highest BCUT2D eigenvalue weighted by atomic mass is 35.5. The van der Waals surface area contributed by atoms with Gasteiger partial charge in [0.05, 0.1) is 23.3 Å². The molecule has 0 fully saturated rings. The van der Waals surface area contributed by atoms with Gasteiger partial charge in [-0.25, -0.2) is 0 Å². The first-order valence-corrected chi connectivity index (χ1v) is 10.0. The Balaban J connectivity index is 1.87. The number of anilines is 2. The first-order chi connectivity index (χ1) is 12.9. The van der Waals surface area contributed by atoms with Gasteiger partial charge in [-0.15, -0.1) is 11.8 Å². The molecule has 2 aromatic rings. The molecule has 0 aliphatic heterocycles.